The Morgan fingerprint density at radius 3 is 1.08 bits per heavy atom. The van der Waals surface area contributed by atoms with Gasteiger partial charge in [-0.15, -0.1) is 0 Å². The number of carbonyl (C=O) groups excluding carboxylic acids is 3. The largest absolute Gasteiger partial charge is 0.323 e. The van der Waals surface area contributed by atoms with Gasteiger partial charge in [0.2, 0.25) is 0 Å². The van der Waals surface area contributed by atoms with Crippen molar-refractivity contribution in [3.05, 3.63) is 108 Å². The number of rotatable bonds is 6. The third-order valence-electron chi connectivity index (χ3n) is 5.54. The summed E-state index contributed by atoms with van der Waals surface area (Å²) in [5.74, 6) is 0. The summed E-state index contributed by atoms with van der Waals surface area (Å²) in [6.07, 6.45) is 0. The number of para-hydroxylation sites is 2. The standard InChI is InChI=1S/C29H28N6O3/c1-19-9-3-5-15-25(19)34-28(37)32-23-13-7-11-21(17-23)30-27(36)31-22-12-8-14-24(18-22)33-29(38)35-26-16-6-4-10-20(26)2/h3-18H,1-2H3,(H2,30,31,36)(H2,32,34,37)(H2,33,35,38). The summed E-state index contributed by atoms with van der Waals surface area (Å²) >= 11 is 0. The second-order valence-corrected chi connectivity index (χ2v) is 8.53. The Morgan fingerprint density at radius 1 is 0.421 bits per heavy atom. The minimum atomic E-state index is -0.479. The SMILES string of the molecule is Cc1ccccc1NC(=O)Nc1cccc(NC(=O)Nc2cccc(NC(=O)Nc3ccccc3C)c2)c1. The van der Waals surface area contributed by atoms with Gasteiger partial charge in [0.05, 0.1) is 0 Å². The molecule has 0 radical (unpaired) electrons. The van der Waals surface area contributed by atoms with Crippen LogP contribution < -0.4 is 31.9 Å². The van der Waals surface area contributed by atoms with E-state index in [0.29, 0.717) is 34.1 Å². The summed E-state index contributed by atoms with van der Waals surface area (Å²) in [5.41, 5.74) is 5.32. The van der Waals surface area contributed by atoms with Gasteiger partial charge in [-0.1, -0.05) is 48.5 Å². The van der Waals surface area contributed by atoms with Gasteiger partial charge < -0.3 is 31.9 Å². The number of urea groups is 3. The van der Waals surface area contributed by atoms with Gasteiger partial charge in [-0.3, -0.25) is 0 Å². The molecule has 4 aromatic rings. The average molecular weight is 509 g/mol. The fourth-order valence-corrected chi connectivity index (χ4v) is 3.64. The van der Waals surface area contributed by atoms with Gasteiger partial charge in [0.1, 0.15) is 0 Å². The molecule has 6 amide bonds. The zero-order chi connectivity index (χ0) is 26.9. The molecule has 192 valence electrons. The summed E-state index contributed by atoms with van der Waals surface area (Å²) < 4.78 is 0. The van der Waals surface area contributed by atoms with Crippen LogP contribution in [0.1, 0.15) is 11.1 Å². The first-order valence-corrected chi connectivity index (χ1v) is 11.9. The van der Waals surface area contributed by atoms with Crippen LogP contribution in [0.3, 0.4) is 0 Å². The molecule has 0 heterocycles. The molecule has 0 saturated heterocycles. The van der Waals surface area contributed by atoms with E-state index in [1.54, 1.807) is 48.5 Å². The second kappa shape index (κ2) is 12.1. The molecule has 0 aliphatic rings. The van der Waals surface area contributed by atoms with Crippen molar-refractivity contribution in [3.8, 4) is 0 Å². The fraction of sp³-hybridized carbons (Fsp3) is 0.0690. The molecule has 0 aromatic heterocycles. The van der Waals surface area contributed by atoms with Gasteiger partial charge in [0.15, 0.2) is 0 Å². The van der Waals surface area contributed by atoms with Crippen molar-refractivity contribution >= 4 is 52.2 Å². The van der Waals surface area contributed by atoms with Crippen LogP contribution in [0.5, 0.6) is 0 Å². The molecular formula is C29H28N6O3. The van der Waals surface area contributed by atoms with Gasteiger partial charge in [0, 0.05) is 34.1 Å². The normalized spacial score (nSPS) is 10.2. The topological polar surface area (TPSA) is 123 Å². The number of nitrogens with one attached hydrogen (secondary N) is 6. The van der Waals surface area contributed by atoms with Gasteiger partial charge in [-0.2, -0.15) is 0 Å². The highest BCUT2D eigenvalue weighted by atomic mass is 16.2. The molecular weight excluding hydrogens is 480 g/mol. The zero-order valence-corrected chi connectivity index (χ0v) is 21.0. The van der Waals surface area contributed by atoms with E-state index < -0.39 is 18.1 Å². The summed E-state index contributed by atoms with van der Waals surface area (Å²) in [7, 11) is 0. The van der Waals surface area contributed by atoms with Gasteiger partial charge in [-0.05, 0) is 73.5 Å². The first-order valence-electron chi connectivity index (χ1n) is 11.9. The monoisotopic (exact) mass is 508 g/mol. The van der Waals surface area contributed by atoms with Crippen molar-refractivity contribution in [1.82, 2.24) is 0 Å². The van der Waals surface area contributed by atoms with E-state index >= 15 is 0 Å². The Balaban J connectivity index is 1.31. The summed E-state index contributed by atoms with van der Waals surface area (Å²) in [5, 5.41) is 16.6. The van der Waals surface area contributed by atoms with Crippen LogP contribution in [0.4, 0.5) is 48.5 Å². The maximum atomic E-state index is 12.6. The van der Waals surface area contributed by atoms with Gasteiger partial charge in [0.25, 0.3) is 0 Å². The molecule has 0 saturated carbocycles. The molecule has 0 aliphatic heterocycles. The highest BCUT2D eigenvalue weighted by Gasteiger charge is 2.09. The molecule has 0 spiro atoms. The molecule has 9 heteroatoms. The number of benzene rings is 4. The molecule has 4 aromatic carbocycles. The lowest BCUT2D eigenvalue weighted by Gasteiger charge is -2.13. The molecule has 9 nitrogen and oxygen atoms in total. The fourth-order valence-electron chi connectivity index (χ4n) is 3.64. The highest BCUT2D eigenvalue weighted by molar-refractivity contribution is 6.03. The molecule has 38 heavy (non-hydrogen) atoms. The number of carbonyl (C=O) groups is 3. The quantitative estimate of drug-likeness (QED) is 0.165. The Hall–Kier alpha value is -5.31. The van der Waals surface area contributed by atoms with E-state index in [1.165, 1.54) is 0 Å². The lowest BCUT2D eigenvalue weighted by molar-refractivity contribution is 0.261. The van der Waals surface area contributed by atoms with Crippen LogP contribution in [0, 0.1) is 13.8 Å². The van der Waals surface area contributed by atoms with Crippen molar-refractivity contribution in [2.75, 3.05) is 31.9 Å². The number of hydrogen-bond donors (Lipinski definition) is 6. The van der Waals surface area contributed by atoms with E-state index in [4.69, 9.17) is 0 Å². The summed E-state index contributed by atoms with van der Waals surface area (Å²) in [4.78, 5) is 37.3. The Bertz CT molecular complexity index is 1360. The third kappa shape index (κ3) is 7.34. The Labute approximate surface area is 220 Å². The van der Waals surface area contributed by atoms with Crippen LogP contribution in [0.2, 0.25) is 0 Å². The predicted molar refractivity (Wildman–Crippen MR) is 153 cm³/mol. The van der Waals surface area contributed by atoms with Gasteiger partial charge >= 0.3 is 18.1 Å². The summed E-state index contributed by atoms with van der Waals surface area (Å²) in [6.45, 7) is 3.82. The molecule has 4 rings (SSSR count). The van der Waals surface area contributed by atoms with Crippen molar-refractivity contribution in [2.24, 2.45) is 0 Å². The van der Waals surface area contributed by atoms with E-state index in [2.05, 4.69) is 31.9 Å². The smallest absolute Gasteiger partial charge is 0.308 e. The van der Waals surface area contributed by atoms with Crippen LogP contribution >= 0.6 is 0 Å². The average Bonchev–Trinajstić information content (AvgIpc) is 2.87. The minimum Gasteiger partial charge on any atom is -0.308 e. The van der Waals surface area contributed by atoms with Crippen LogP contribution in [0.15, 0.2) is 97.1 Å². The summed E-state index contributed by atoms with van der Waals surface area (Å²) in [6, 6.07) is 27.3. The van der Waals surface area contributed by atoms with E-state index in [0.717, 1.165) is 11.1 Å². The van der Waals surface area contributed by atoms with Crippen molar-refractivity contribution in [2.45, 2.75) is 13.8 Å². The first-order chi connectivity index (χ1) is 18.4. The maximum absolute atomic E-state index is 12.6. The third-order valence-corrected chi connectivity index (χ3v) is 5.54. The molecule has 0 unspecified atom stereocenters. The van der Waals surface area contributed by atoms with Crippen molar-refractivity contribution in [1.29, 1.82) is 0 Å². The van der Waals surface area contributed by atoms with Crippen molar-refractivity contribution in [3.63, 3.8) is 0 Å². The highest BCUT2D eigenvalue weighted by Crippen LogP contribution is 2.20. The molecule has 6 N–H and O–H groups in total. The molecule has 0 bridgehead atoms. The number of hydrogen-bond acceptors (Lipinski definition) is 3. The lowest BCUT2D eigenvalue weighted by Crippen LogP contribution is -2.22. The van der Waals surface area contributed by atoms with E-state index in [-0.39, 0.29) is 0 Å². The van der Waals surface area contributed by atoms with Crippen LogP contribution in [-0.2, 0) is 0 Å². The molecule has 0 fully saturated rings. The molecule has 0 atom stereocenters. The second-order valence-electron chi connectivity index (χ2n) is 8.53. The van der Waals surface area contributed by atoms with Crippen molar-refractivity contribution < 1.29 is 14.4 Å². The van der Waals surface area contributed by atoms with E-state index in [9.17, 15) is 14.4 Å². The maximum Gasteiger partial charge on any atom is 0.323 e. The number of aryl methyl sites for hydroxylation is 2. The van der Waals surface area contributed by atoms with Crippen LogP contribution in [-0.4, -0.2) is 18.1 Å². The number of anilines is 6. The number of amides is 6. The predicted octanol–water partition coefficient (Wildman–Crippen LogP) is 7.24. The van der Waals surface area contributed by atoms with E-state index in [1.807, 2.05) is 62.4 Å². The first kappa shape index (κ1) is 25.8. The lowest BCUT2D eigenvalue weighted by atomic mass is 10.2. The minimum absolute atomic E-state index is 0.392. The Kier molecular flexibility index (Phi) is 8.20. The molecule has 0 aliphatic carbocycles. The van der Waals surface area contributed by atoms with Crippen LogP contribution in [0.25, 0.3) is 0 Å². The zero-order valence-electron chi connectivity index (χ0n) is 21.0. The van der Waals surface area contributed by atoms with Gasteiger partial charge in [-0.25, -0.2) is 14.4 Å². The Morgan fingerprint density at radius 2 is 0.737 bits per heavy atom.